The van der Waals surface area contributed by atoms with Gasteiger partial charge < -0.3 is 15.0 Å². The highest BCUT2D eigenvalue weighted by atomic mass is 16.4. The predicted octanol–water partition coefficient (Wildman–Crippen LogP) is -0.698. The molecule has 0 aliphatic heterocycles. The van der Waals surface area contributed by atoms with Gasteiger partial charge in [0, 0.05) is 24.0 Å². The average molecular weight is 223 g/mol. The van der Waals surface area contributed by atoms with Crippen molar-refractivity contribution in [3.63, 3.8) is 0 Å². The van der Waals surface area contributed by atoms with E-state index >= 15 is 0 Å². The van der Waals surface area contributed by atoms with Gasteiger partial charge in [0.15, 0.2) is 11.9 Å². The van der Waals surface area contributed by atoms with Gasteiger partial charge in [-0.05, 0) is 6.42 Å². The van der Waals surface area contributed by atoms with Crippen molar-refractivity contribution in [2.24, 2.45) is 0 Å². The van der Waals surface area contributed by atoms with Crippen LogP contribution in [0.2, 0.25) is 0 Å². The van der Waals surface area contributed by atoms with Crippen LogP contribution in [0.4, 0.5) is 0 Å². The van der Waals surface area contributed by atoms with Gasteiger partial charge in [0.1, 0.15) is 0 Å². The zero-order valence-corrected chi connectivity index (χ0v) is 8.92. The number of hydrogen-bond donors (Lipinski definition) is 1. The van der Waals surface area contributed by atoms with Gasteiger partial charge in [-0.25, -0.2) is 4.79 Å². The number of carboxylic acids is 2. The van der Waals surface area contributed by atoms with Gasteiger partial charge >= 0.3 is 5.97 Å². The van der Waals surface area contributed by atoms with E-state index in [2.05, 4.69) is 0 Å². The van der Waals surface area contributed by atoms with E-state index < -0.39 is 11.9 Å². The zero-order valence-electron chi connectivity index (χ0n) is 8.92. The fourth-order valence-electron chi connectivity index (χ4n) is 1.58. The molecule has 0 aliphatic carbocycles. The Bertz CT molecular complexity index is 403. The second kappa shape index (κ2) is 5.25. The summed E-state index contributed by atoms with van der Waals surface area (Å²) >= 11 is 0. The number of nitrogens with zero attached hydrogens (tertiary/aromatic N) is 1. The first-order valence-corrected chi connectivity index (χ1v) is 4.90. The van der Waals surface area contributed by atoms with Gasteiger partial charge in [-0.15, -0.1) is 0 Å². The number of carbonyl (C=O) groups is 2. The number of hydrogen-bond acceptors (Lipinski definition) is 3. The van der Waals surface area contributed by atoms with Crippen LogP contribution < -0.4 is 9.67 Å². The SMILES string of the molecule is CC(CC(=O)[O-])c1cccc[n+]1CC(=O)O. The number of carbonyl (C=O) groups excluding carboxylic acids is 1. The Kier molecular flexibility index (Phi) is 3.99. The largest absolute Gasteiger partial charge is 0.550 e. The summed E-state index contributed by atoms with van der Waals surface area (Å²) < 4.78 is 1.52. The molecule has 5 nitrogen and oxygen atoms in total. The van der Waals surface area contributed by atoms with Crippen LogP contribution in [0.25, 0.3) is 0 Å². The molecule has 1 atom stereocenters. The third-order valence-electron chi connectivity index (χ3n) is 2.26. The molecule has 0 spiro atoms. The molecule has 1 heterocycles. The minimum Gasteiger partial charge on any atom is -0.550 e. The minimum atomic E-state index is -1.14. The molecular weight excluding hydrogens is 210 g/mol. The lowest BCUT2D eigenvalue weighted by molar-refractivity contribution is -0.694. The van der Waals surface area contributed by atoms with Crippen molar-refractivity contribution in [1.29, 1.82) is 0 Å². The Morgan fingerprint density at radius 1 is 1.50 bits per heavy atom. The maximum absolute atomic E-state index is 10.6. The van der Waals surface area contributed by atoms with Crippen LogP contribution in [0.3, 0.4) is 0 Å². The van der Waals surface area contributed by atoms with Crippen LogP contribution in [0.15, 0.2) is 24.4 Å². The molecule has 1 aromatic rings. The lowest BCUT2D eigenvalue weighted by Gasteiger charge is -2.10. The van der Waals surface area contributed by atoms with Gasteiger partial charge in [-0.2, -0.15) is 4.57 Å². The molecule has 0 aromatic carbocycles. The highest BCUT2D eigenvalue weighted by Gasteiger charge is 2.19. The quantitative estimate of drug-likeness (QED) is 0.669. The molecule has 16 heavy (non-hydrogen) atoms. The summed E-state index contributed by atoms with van der Waals surface area (Å²) in [6.07, 6.45) is 1.50. The van der Waals surface area contributed by atoms with E-state index in [1.807, 2.05) is 0 Å². The molecule has 1 aromatic heterocycles. The molecule has 0 radical (unpaired) electrons. The number of rotatable bonds is 5. The van der Waals surface area contributed by atoms with Crippen LogP contribution in [-0.2, 0) is 16.1 Å². The highest BCUT2D eigenvalue weighted by Crippen LogP contribution is 2.13. The van der Waals surface area contributed by atoms with Crippen molar-refractivity contribution < 1.29 is 24.4 Å². The topological polar surface area (TPSA) is 81.3 Å². The van der Waals surface area contributed by atoms with Crippen molar-refractivity contribution in [2.45, 2.75) is 25.8 Å². The van der Waals surface area contributed by atoms with Gasteiger partial charge in [0.2, 0.25) is 6.54 Å². The first-order valence-electron chi connectivity index (χ1n) is 4.90. The first kappa shape index (κ1) is 12.2. The molecule has 0 aliphatic rings. The van der Waals surface area contributed by atoms with Gasteiger partial charge in [-0.3, -0.25) is 0 Å². The third kappa shape index (κ3) is 3.34. The minimum absolute atomic E-state index is 0.121. The molecule has 0 bridgehead atoms. The van der Waals surface area contributed by atoms with Crippen LogP contribution in [-0.4, -0.2) is 17.0 Å². The summed E-state index contributed by atoms with van der Waals surface area (Å²) in [5.41, 5.74) is 0.675. The maximum atomic E-state index is 10.6. The molecule has 0 amide bonds. The molecule has 0 saturated carbocycles. The lowest BCUT2D eigenvalue weighted by atomic mass is 10.0. The second-order valence-electron chi connectivity index (χ2n) is 3.62. The van der Waals surface area contributed by atoms with E-state index in [4.69, 9.17) is 5.11 Å². The Labute approximate surface area is 93.0 Å². The van der Waals surface area contributed by atoms with Crippen molar-refractivity contribution in [1.82, 2.24) is 0 Å². The Morgan fingerprint density at radius 2 is 2.19 bits per heavy atom. The fourth-order valence-corrected chi connectivity index (χ4v) is 1.58. The Hall–Kier alpha value is -1.91. The van der Waals surface area contributed by atoms with Gasteiger partial charge in [0.05, 0.1) is 0 Å². The number of aliphatic carboxylic acids is 2. The summed E-state index contributed by atoms with van der Waals surface area (Å²) in [5, 5.41) is 19.2. The van der Waals surface area contributed by atoms with Crippen LogP contribution in [0.5, 0.6) is 0 Å². The second-order valence-corrected chi connectivity index (χ2v) is 3.62. The molecule has 0 saturated heterocycles. The van der Waals surface area contributed by atoms with E-state index in [9.17, 15) is 14.7 Å². The van der Waals surface area contributed by atoms with E-state index in [0.717, 1.165) is 0 Å². The summed E-state index contributed by atoms with van der Waals surface area (Å²) in [4.78, 5) is 21.1. The molecule has 86 valence electrons. The van der Waals surface area contributed by atoms with Crippen LogP contribution >= 0.6 is 0 Å². The van der Waals surface area contributed by atoms with Gasteiger partial charge in [-0.1, -0.05) is 13.0 Å². The molecular formula is C11H13NO4. The molecule has 1 rings (SSSR count). The lowest BCUT2D eigenvalue weighted by Crippen LogP contribution is -2.42. The van der Waals surface area contributed by atoms with Gasteiger partial charge in [0.25, 0.3) is 0 Å². The van der Waals surface area contributed by atoms with E-state index in [1.54, 1.807) is 31.3 Å². The summed E-state index contributed by atoms with van der Waals surface area (Å²) in [6, 6.07) is 5.17. The van der Waals surface area contributed by atoms with E-state index in [-0.39, 0.29) is 18.9 Å². The Morgan fingerprint density at radius 3 is 2.75 bits per heavy atom. The summed E-state index contributed by atoms with van der Waals surface area (Å²) in [7, 11) is 0. The Balaban J connectivity index is 2.93. The molecule has 1 N–H and O–H groups in total. The maximum Gasteiger partial charge on any atom is 0.370 e. The van der Waals surface area contributed by atoms with Crippen molar-refractivity contribution in [2.75, 3.05) is 0 Å². The summed E-state index contributed by atoms with van der Waals surface area (Å²) in [6.45, 7) is 1.55. The van der Waals surface area contributed by atoms with Crippen molar-refractivity contribution in [3.8, 4) is 0 Å². The first-order chi connectivity index (χ1) is 7.50. The summed E-state index contributed by atoms with van der Waals surface area (Å²) in [5.74, 6) is -2.37. The molecule has 0 fully saturated rings. The van der Waals surface area contributed by atoms with Crippen LogP contribution in [0.1, 0.15) is 25.0 Å². The van der Waals surface area contributed by atoms with Crippen molar-refractivity contribution in [3.05, 3.63) is 30.1 Å². The fraction of sp³-hybridized carbons (Fsp3) is 0.364. The van der Waals surface area contributed by atoms with E-state index in [1.165, 1.54) is 4.57 Å². The van der Waals surface area contributed by atoms with Crippen LogP contribution in [0, 0.1) is 0 Å². The number of carboxylic acid groups (broad SMARTS) is 2. The monoisotopic (exact) mass is 223 g/mol. The highest BCUT2D eigenvalue weighted by molar-refractivity contribution is 5.65. The van der Waals surface area contributed by atoms with Crippen molar-refractivity contribution >= 4 is 11.9 Å². The molecule has 1 unspecified atom stereocenters. The normalized spacial score (nSPS) is 12.1. The number of pyridine rings is 1. The predicted molar refractivity (Wildman–Crippen MR) is 52.3 cm³/mol. The average Bonchev–Trinajstić information content (AvgIpc) is 2.16. The third-order valence-corrected chi connectivity index (χ3v) is 2.26. The smallest absolute Gasteiger partial charge is 0.370 e. The van der Waals surface area contributed by atoms with E-state index in [0.29, 0.717) is 5.69 Å². The standard InChI is InChI=1S/C11H13NO4/c1-8(6-10(13)14)9-4-2-3-5-12(9)7-11(15)16/h2-5,8H,6-7H2,1H3,(H-,13,14,15,16). The number of aromatic nitrogens is 1. The zero-order chi connectivity index (χ0) is 12.1. The molecule has 5 heteroatoms.